The lowest BCUT2D eigenvalue weighted by molar-refractivity contribution is -0.123. The minimum atomic E-state index is -0.968. The highest BCUT2D eigenvalue weighted by Gasteiger charge is 2.28. The number of anilines is 1. The van der Waals surface area contributed by atoms with Crippen molar-refractivity contribution in [2.75, 3.05) is 5.32 Å². The number of ether oxygens (including phenoxy) is 1. The van der Waals surface area contributed by atoms with Gasteiger partial charge in [0.2, 0.25) is 0 Å². The van der Waals surface area contributed by atoms with Crippen LogP contribution in [0, 0.1) is 0 Å². The Hall–Kier alpha value is -2.19. The van der Waals surface area contributed by atoms with Gasteiger partial charge in [-0.3, -0.25) is 9.59 Å². The number of rotatable bonds is 5. The van der Waals surface area contributed by atoms with Gasteiger partial charge in [-0.1, -0.05) is 0 Å². The van der Waals surface area contributed by atoms with Gasteiger partial charge in [0.05, 0.1) is 5.56 Å². The monoisotopic (exact) mass is 418 g/mol. The summed E-state index contributed by atoms with van der Waals surface area (Å²) in [6.07, 6.45) is 6.00. The van der Waals surface area contributed by atoms with Crippen LogP contribution in [-0.4, -0.2) is 23.9 Å². The lowest BCUT2D eigenvalue weighted by Gasteiger charge is -2.13. The summed E-state index contributed by atoms with van der Waals surface area (Å²) in [4.78, 5) is 39.7. The molecule has 3 N–H and O–H groups in total. The molecule has 2 aromatic heterocycles. The molecule has 2 aliphatic carbocycles. The van der Waals surface area contributed by atoms with Crippen LogP contribution in [0.4, 0.5) is 5.00 Å². The zero-order valence-electron chi connectivity index (χ0n) is 15.6. The van der Waals surface area contributed by atoms with Crippen LogP contribution < -0.4 is 11.1 Å². The Balaban J connectivity index is 1.43. The number of thiophene rings is 2. The highest BCUT2D eigenvalue weighted by molar-refractivity contribution is 7.17. The Morgan fingerprint density at radius 1 is 1.07 bits per heavy atom. The Morgan fingerprint density at radius 3 is 2.57 bits per heavy atom. The smallest absolute Gasteiger partial charge is 0.349 e. The van der Waals surface area contributed by atoms with E-state index < -0.39 is 23.9 Å². The predicted octanol–water partition coefficient (Wildman–Crippen LogP) is 3.46. The van der Waals surface area contributed by atoms with Crippen LogP contribution in [0.1, 0.15) is 67.1 Å². The summed E-state index contributed by atoms with van der Waals surface area (Å²) in [6, 6.07) is 1.89. The van der Waals surface area contributed by atoms with E-state index in [1.54, 1.807) is 0 Å². The summed E-state index contributed by atoms with van der Waals surface area (Å²) in [6.45, 7) is 1.53. The molecule has 0 aromatic carbocycles. The normalized spacial score (nSPS) is 16.2. The minimum absolute atomic E-state index is 0.398. The second kappa shape index (κ2) is 7.67. The highest BCUT2D eigenvalue weighted by atomic mass is 32.1. The van der Waals surface area contributed by atoms with Gasteiger partial charge in [0.25, 0.3) is 11.8 Å². The van der Waals surface area contributed by atoms with Crippen molar-refractivity contribution < 1.29 is 19.1 Å². The molecule has 1 atom stereocenters. The molecule has 2 aliphatic rings. The maximum atomic E-state index is 12.5. The topological polar surface area (TPSA) is 98.5 Å². The van der Waals surface area contributed by atoms with Crippen molar-refractivity contribution in [3.05, 3.63) is 37.4 Å². The van der Waals surface area contributed by atoms with E-state index in [-0.39, 0.29) is 0 Å². The van der Waals surface area contributed by atoms with Crippen molar-refractivity contribution in [1.82, 2.24) is 0 Å². The van der Waals surface area contributed by atoms with Crippen LogP contribution in [0.5, 0.6) is 0 Å². The van der Waals surface area contributed by atoms with Crippen LogP contribution in [-0.2, 0) is 35.2 Å². The van der Waals surface area contributed by atoms with E-state index in [0.717, 1.165) is 55.4 Å². The van der Waals surface area contributed by atoms with Crippen LogP contribution in [0.25, 0.3) is 0 Å². The molecule has 6 nitrogen and oxygen atoms in total. The second-order valence-electron chi connectivity index (χ2n) is 7.23. The summed E-state index contributed by atoms with van der Waals surface area (Å²) < 4.78 is 5.37. The summed E-state index contributed by atoms with van der Waals surface area (Å²) >= 11 is 2.84. The molecule has 2 amide bonds. The molecule has 4 rings (SSSR count). The van der Waals surface area contributed by atoms with E-state index in [2.05, 4.69) is 5.32 Å². The standard InChI is InChI=1S/C20H22N2O4S2/c1-10(26-20(25)15-9-11-5-2-3-7-13(11)27-15)18(24)22-19-16(17(21)23)12-6-4-8-14(12)28-19/h9-10H,2-8H2,1H3,(H2,21,23)(H,22,24)/t10-/m0/s1. The lowest BCUT2D eigenvalue weighted by atomic mass is 9.99. The fourth-order valence-corrected chi connectivity index (χ4v) is 6.26. The van der Waals surface area contributed by atoms with Crippen LogP contribution in [0.3, 0.4) is 0 Å². The number of esters is 1. The number of amides is 2. The molecule has 8 heteroatoms. The van der Waals surface area contributed by atoms with Crippen molar-refractivity contribution in [3.8, 4) is 0 Å². The molecule has 0 radical (unpaired) electrons. The van der Waals surface area contributed by atoms with Gasteiger partial charge in [-0.15, -0.1) is 22.7 Å². The van der Waals surface area contributed by atoms with E-state index in [0.29, 0.717) is 15.4 Å². The number of nitrogens with two attached hydrogens (primary N) is 1. The Bertz CT molecular complexity index is 936. The van der Waals surface area contributed by atoms with Gasteiger partial charge >= 0.3 is 5.97 Å². The SMILES string of the molecule is C[C@H](OC(=O)c1cc2c(s1)CCCC2)C(=O)Nc1sc2c(c1C(N)=O)CCC2. The number of nitrogens with one attached hydrogen (secondary N) is 1. The number of carbonyl (C=O) groups excluding carboxylic acids is 3. The van der Waals surface area contributed by atoms with E-state index in [1.807, 2.05) is 6.07 Å². The maximum absolute atomic E-state index is 12.5. The first-order chi connectivity index (χ1) is 13.4. The molecule has 0 saturated carbocycles. The molecule has 0 saturated heterocycles. The zero-order chi connectivity index (χ0) is 19.8. The van der Waals surface area contributed by atoms with E-state index in [1.165, 1.54) is 40.0 Å². The molecule has 2 aromatic rings. The quantitative estimate of drug-likeness (QED) is 0.727. The van der Waals surface area contributed by atoms with Crippen molar-refractivity contribution in [2.45, 2.75) is 58.0 Å². The van der Waals surface area contributed by atoms with Gasteiger partial charge in [0.15, 0.2) is 6.10 Å². The van der Waals surface area contributed by atoms with Gasteiger partial charge in [-0.05, 0) is 69.1 Å². The molecular weight excluding hydrogens is 396 g/mol. The lowest BCUT2D eigenvalue weighted by Crippen LogP contribution is -2.30. The van der Waals surface area contributed by atoms with Crippen molar-refractivity contribution >= 4 is 45.5 Å². The molecule has 148 valence electrons. The highest BCUT2D eigenvalue weighted by Crippen LogP contribution is 2.39. The van der Waals surface area contributed by atoms with Crippen LogP contribution in [0.2, 0.25) is 0 Å². The number of aryl methyl sites for hydroxylation is 3. The third-order valence-corrected chi connectivity index (χ3v) is 7.68. The first-order valence-electron chi connectivity index (χ1n) is 9.51. The predicted molar refractivity (Wildman–Crippen MR) is 109 cm³/mol. The van der Waals surface area contributed by atoms with Gasteiger partial charge in [-0.25, -0.2) is 4.79 Å². The van der Waals surface area contributed by atoms with Crippen LogP contribution in [0.15, 0.2) is 6.07 Å². The zero-order valence-corrected chi connectivity index (χ0v) is 17.3. The molecule has 2 heterocycles. The largest absolute Gasteiger partial charge is 0.448 e. The minimum Gasteiger partial charge on any atom is -0.448 e. The molecule has 28 heavy (non-hydrogen) atoms. The first-order valence-corrected chi connectivity index (χ1v) is 11.1. The Morgan fingerprint density at radius 2 is 1.82 bits per heavy atom. The van der Waals surface area contributed by atoms with Crippen LogP contribution >= 0.6 is 22.7 Å². The van der Waals surface area contributed by atoms with Crippen molar-refractivity contribution in [2.24, 2.45) is 5.73 Å². The molecular formula is C20H22N2O4S2. The fourth-order valence-electron chi connectivity index (χ4n) is 3.83. The third-order valence-electron chi connectivity index (χ3n) is 5.26. The van der Waals surface area contributed by atoms with E-state index in [4.69, 9.17) is 10.5 Å². The third kappa shape index (κ3) is 3.58. The van der Waals surface area contributed by atoms with Gasteiger partial charge in [0.1, 0.15) is 9.88 Å². The Labute approximate surface area is 171 Å². The van der Waals surface area contributed by atoms with E-state index in [9.17, 15) is 14.4 Å². The fraction of sp³-hybridized carbons (Fsp3) is 0.450. The second-order valence-corrected chi connectivity index (χ2v) is 9.47. The van der Waals surface area contributed by atoms with Gasteiger partial charge in [0, 0.05) is 9.75 Å². The first kappa shape index (κ1) is 19.1. The molecule has 0 unspecified atom stereocenters. The maximum Gasteiger partial charge on any atom is 0.349 e. The summed E-state index contributed by atoms with van der Waals surface area (Å²) in [5.74, 6) is -1.48. The number of carbonyl (C=O) groups is 3. The number of primary amides is 1. The molecule has 0 fully saturated rings. The number of hydrogen-bond donors (Lipinski definition) is 2. The molecule has 0 spiro atoms. The average molecular weight is 419 g/mol. The van der Waals surface area contributed by atoms with E-state index >= 15 is 0 Å². The summed E-state index contributed by atoms with van der Waals surface area (Å²) in [5, 5.41) is 3.19. The van der Waals surface area contributed by atoms with Crippen molar-refractivity contribution in [1.29, 1.82) is 0 Å². The summed E-state index contributed by atoms with van der Waals surface area (Å²) in [5.41, 5.74) is 8.09. The Kier molecular flexibility index (Phi) is 5.25. The van der Waals surface area contributed by atoms with Gasteiger partial charge in [-0.2, -0.15) is 0 Å². The molecule has 0 bridgehead atoms. The van der Waals surface area contributed by atoms with Crippen molar-refractivity contribution in [3.63, 3.8) is 0 Å². The average Bonchev–Trinajstić information content (AvgIpc) is 3.34. The number of fused-ring (bicyclic) bond motifs is 2. The summed E-state index contributed by atoms with van der Waals surface area (Å²) in [7, 11) is 0. The molecule has 0 aliphatic heterocycles. The van der Waals surface area contributed by atoms with Gasteiger partial charge < -0.3 is 15.8 Å². The number of hydrogen-bond acceptors (Lipinski definition) is 6.